The quantitative estimate of drug-likeness (QED) is 0.0603. The fraction of sp³-hybridized carbons (Fsp3) is 0.326. The molecule has 133 heavy (non-hydrogen) atoms. The molecule has 0 unspecified atom stereocenters. The highest BCUT2D eigenvalue weighted by atomic mass is 79.9. The van der Waals surface area contributed by atoms with E-state index in [1.807, 2.05) is 120 Å². The third-order valence-electron chi connectivity index (χ3n) is 25.1. The lowest BCUT2D eigenvalue weighted by Crippen LogP contribution is -2.56. The number of nitrogens with two attached hydrogens (primary N) is 7. The van der Waals surface area contributed by atoms with Crippen LogP contribution in [0.2, 0.25) is 10.0 Å². The molecule has 0 aliphatic carbocycles. The summed E-state index contributed by atoms with van der Waals surface area (Å²) < 4.78 is 16.5. The second kappa shape index (κ2) is 38.4. The highest BCUT2D eigenvalue weighted by Gasteiger charge is 2.51. The lowest BCUT2D eigenvalue weighted by atomic mass is 9.85. The molecule has 24 rings (SSSR count). The van der Waals surface area contributed by atoms with Gasteiger partial charge in [-0.25, -0.2) is 39.9 Å². The number of ether oxygens (including phenoxy) is 1. The van der Waals surface area contributed by atoms with Crippen molar-refractivity contribution < 1.29 is 14.3 Å². The summed E-state index contributed by atoms with van der Waals surface area (Å²) in [5.74, 6) is 9.14. The molecule has 21 heterocycles. The van der Waals surface area contributed by atoms with Crippen LogP contribution in [0.5, 0.6) is 6.01 Å². The molecule has 3 aromatic carbocycles. The number of fused-ring (bicyclic) bond motifs is 7. The number of piperazine rings is 2. The Morgan fingerprint density at radius 2 is 0.865 bits per heavy atom. The van der Waals surface area contributed by atoms with Crippen molar-refractivity contribution >= 4 is 172 Å². The molecule has 7 fully saturated rings. The van der Waals surface area contributed by atoms with Gasteiger partial charge in [0.25, 0.3) is 0 Å². The number of nitrogens with zero attached hydrogens (tertiary/aromatic N) is 29. The van der Waals surface area contributed by atoms with E-state index in [1.54, 1.807) is 82.7 Å². The molecule has 44 heteroatoms. The second-order valence-corrected chi connectivity index (χ2v) is 35.0. The molecule has 0 saturated carbocycles. The molecule has 8 aliphatic rings. The number of carbonyl (C=O) groups excluding carboxylic acids is 2. The minimum Gasteiger partial charge on any atom is -0.460 e. The number of hydrogen-bond acceptors (Lipinski definition) is 33. The predicted octanol–water partition coefficient (Wildman–Crippen LogP) is 7.54. The van der Waals surface area contributed by atoms with E-state index in [9.17, 15) is 9.59 Å². The highest BCUT2D eigenvalue weighted by molar-refractivity contribution is 9.10. The number of para-hydroxylation sites is 2. The van der Waals surface area contributed by atoms with E-state index in [4.69, 9.17) is 68.1 Å². The zero-order valence-corrected chi connectivity index (χ0v) is 75.9. The molecule has 8 aliphatic heterocycles. The van der Waals surface area contributed by atoms with Gasteiger partial charge < -0.3 is 99.6 Å². The zero-order chi connectivity index (χ0) is 91.4. The van der Waals surface area contributed by atoms with Crippen LogP contribution in [-0.2, 0) is 16.0 Å². The van der Waals surface area contributed by atoms with Gasteiger partial charge in [0.2, 0.25) is 11.8 Å². The number of nitrogen functional groups attached to an aromatic ring is 6. The monoisotopic (exact) mass is 1900 g/mol. The van der Waals surface area contributed by atoms with Crippen molar-refractivity contribution in [3.63, 3.8) is 0 Å². The molecule has 0 radical (unpaired) electrons. The van der Waals surface area contributed by atoms with E-state index in [-0.39, 0.29) is 30.0 Å². The Hall–Kier alpha value is -14.6. The number of anilines is 15. The third kappa shape index (κ3) is 18.8. The fourth-order valence-corrected chi connectivity index (χ4v) is 18.8. The number of rotatable bonds is 11. The van der Waals surface area contributed by atoms with Gasteiger partial charge >= 0.3 is 6.01 Å². The van der Waals surface area contributed by atoms with E-state index < -0.39 is 5.54 Å². The summed E-state index contributed by atoms with van der Waals surface area (Å²) in [6.07, 6.45) is 20.3. The maximum atomic E-state index is 12.8. The molecule has 1 atom stereocenters. The molecular weight excluding hydrogens is 1800 g/mol. The molecule has 686 valence electrons. The average molecular weight is 1900 g/mol. The van der Waals surface area contributed by atoms with Crippen LogP contribution >= 0.6 is 39.1 Å². The number of hydrogen-bond donors (Lipinski definition) is 9. The Morgan fingerprint density at radius 3 is 1.37 bits per heavy atom. The molecule has 13 aromatic heterocycles. The van der Waals surface area contributed by atoms with E-state index in [0.29, 0.717) is 64.1 Å². The summed E-state index contributed by atoms with van der Waals surface area (Å²) in [7, 11) is 0. The van der Waals surface area contributed by atoms with Crippen LogP contribution in [-0.4, -0.2) is 244 Å². The summed E-state index contributed by atoms with van der Waals surface area (Å²) >= 11 is 15.5. The zero-order valence-electron chi connectivity index (χ0n) is 72.8. The number of aromatic nitrogens is 20. The average Bonchev–Trinajstić information content (AvgIpc) is 1.60. The second-order valence-electron chi connectivity index (χ2n) is 33.3. The van der Waals surface area contributed by atoms with Gasteiger partial charge in [-0.15, -0.1) is 0 Å². The van der Waals surface area contributed by atoms with E-state index in [2.05, 4.69) is 160 Å². The first-order chi connectivity index (χ1) is 64.8. The van der Waals surface area contributed by atoms with Crippen LogP contribution in [0.3, 0.4) is 0 Å². The number of amides is 2. The van der Waals surface area contributed by atoms with Crippen LogP contribution in [0.25, 0.3) is 33.9 Å². The summed E-state index contributed by atoms with van der Waals surface area (Å²) in [5.41, 5.74) is 50.5. The third-order valence-corrected chi connectivity index (χ3v) is 26.4. The van der Waals surface area contributed by atoms with Gasteiger partial charge in [-0.2, -0.15) is 57.7 Å². The summed E-state index contributed by atoms with van der Waals surface area (Å²) in [6.45, 7) is 14.6. The SMILES string of the molecule is Nc1cc(N2CCC(N3C(=O)Cc4ccccc43)CC2)nc2ccnn12.Nc1cc(N2CCC(Oc3ncccn3)CC2)nc2ccnn12.Nc1cc(N2CCC3(CC2)C(=O)NCN3c2ccccc2)nc2ccnn12.Nc1cc(N2CCN(c3ccc(Cl)c(Cl)c3)CC2)nc2ccnn12.Nc1cc(N2CCNCC2)nc2c(Br)cnn12.Nc1cc(N2CC[C@H](N)C2)nc2ccnn12. The first-order valence-electron chi connectivity index (χ1n) is 44.2. The van der Waals surface area contributed by atoms with Gasteiger partial charge in [0.15, 0.2) is 33.9 Å². The van der Waals surface area contributed by atoms with E-state index in [0.717, 1.165) is 246 Å². The molecule has 1 spiro atoms. The lowest BCUT2D eigenvalue weighted by molar-refractivity contribution is -0.124. The molecular formula is C89H101BrCl2N38O3. The van der Waals surface area contributed by atoms with Crippen LogP contribution in [0.1, 0.15) is 50.5 Å². The van der Waals surface area contributed by atoms with Crippen LogP contribution < -0.4 is 99.6 Å². The number of nitrogens with one attached hydrogen (secondary N) is 2. The van der Waals surface area contributed by atoms with Crippen LogP contribution in [0, 0.1) is 0 Å². The Kier molecular flexibility index (Phi) is 25.3. The van der Waals surface area contributed by atoms with Gasteiger partial charge in [0, 0.05) is 226 Å². The van der Waals surface area contributed by atoms with Crippen molar-refractivity contribution in [2.45, 2.75) is 75.1 Å². The fourth-order valence-electron chi connectivity index (χ4n) is 18.2. The Morgan fingerprint density at radius 1 is 0.421 bits per heavy atom. The Balaban J connectivity index is 0.000000104. The minimum absolute atomic E-state index is 0.115. The number of halogens is 3. The van der Waals surface area contributed by atoms with Crippen molar-refractivity contribution in [2.75, 3.05) is 190 Å². The van der Waals surface area contributed by atoms with Crippen molar-refractivity contribution in [3.05, 3.63) is 215 Å². The van der Waals surface area contributed by atoms with E-state index in [1.165, 1.54) is 0 Å². The maximum absolute atomic E-state index is 12.8. The molecule has 16 aromatic rings. The standard InChI is InChI=1S/C19H21N7O.C19H20N6O.C16H16Cl2N6.C15H17N7O.C10H13BrN6.C10H14N6/c20-15-12-17(23-16-6-9-22-26(15)16)24-10-7-19(8-11-24)18(27)21-13-25(19)14-4-2-1-3-5-14;20-16-12-18(22-17-5-8-21-25(16)17)23-9-6-14(7-10-23)24-15-4-2-1-3-13(15)11-19(24)26;17-12-2-1-11(9-13(12)18)22-5-7-23(8-6-22)16-10-14(19)24-15(21-16)3-4-20-24;16-12-10-14(20-13-2-7-19-22(12)13)21-8-3-11(4-9-21)23-15-17-5-1-6-18-15;11-7-6-14-17-8(12)5-9(15-10(7)17)16-3-1-13-2-4-16;11-7-2-4-15(6-7)10-5-8(12)16-9(14-10)1-3-13-16/h1-6,9,12H,7-8,10-11,13,20H2,(H,21,27);1-5,8,12,14H,6-7,9-11,20H2;1-4,9-10H,5-8,19H2;1-2,5-7,10-11H,3-4,8-9,16H2;5-6,13H,1-4,12H2;1,3,5,7H,2,4,6,11-12H2/t;;;;;7-/m.....0/s1. The van der Waals surface area contributed by atoms with Gasteiger partial charge in [0.1, 0.15) is 81.5 Å². The maximum Gasteiger partial charge on any atom is 0.316 e. The number of piperidine rings is 3. The lowest BCUT2D eigenvalue weighted by Gasteiger charge is -2.43. The van der Waals surface area contributed by atoms with Crippen molar-refractivity contribution in [1.82, 2.24) is 108 Å². The topological polar surface area (TPSA) is 486 Å². The summed E-state index contributed by atoms with van der Waals surface area (Å²) in [5, 5.41) is 32.4. The number of benzene rings is 3. The first-order valence-corrected chi connectivity index (χ1v) is 45.7. The normalized spacial score (nSPS) is 17.5. The summed E-state index contributed by atoms with van der Waals surface area (Å²) in [6, 6.07) is 47.1. The minimum atomic E-state index is -0.496. The van der Waals surface area contributed by atoms with Crippen LogP contribution in [0.4, 0.5) is 86.9 Å². The van der Waals surface area contributed by atoms with Crippen molar-refractivity contribution in [1.29, 1.82) is 0 Å². The van der Waals surface area contributed by atoms with Gasteiger partial charge in [0.05, 0.1) is 64.8 Å². The number of carbonyl (C=O) groups is 2. The van der Waals surface area contributed by atoms with E-state index >= 15 is 0 Å². The van der Waals surface area contributed by atoms with Gasteiger partial charge in [-0.05, 0) is 96.1 Å². The highest BCUT2D eigenvalue weighted by Crippen LogP contribution is 2.40. The smallest absolute Gasteiger partial charge is 0.316 e. The Labute approximate surface area is 781 Å². The molecule has 2 amide bonds. The largest absolute Gasteiger partial charge is 0.460 e. The Bertz CT molecular complexity index is 6800. The van der Waals surface area contributed by atoms with Gasteiger partial charge in [-0.3, -0.25) is 9.59 Å². The molecule has 41 nitrogen and oxygen atoms in total. The summed E-state index contributed by atoms with van der Waals surface area (Å²) in [4.78, 5) is 80.9. The molecule has 0 bridgehead atoms. The van der Waals surface area contributed by atoms with Crippen molar-refractivity contribution in [3.8, 4) is 6.01 Å². The van der Waals surface area contributed by atoms with Crippen LogP contribution in [0.15, 0.2) is 200 Å². The van der Waals surface area contributed by atoms with Gasteiger partial charge in [-0.1, -0.05) is 59.6 Å². The molecule has 7 saturated heterocycles. The first kappa shape index (κ1) is 87.7. The van der Waals surface area contributed by atoms with Crippen molar-refractivity contribution in [2.24, 2.45) is 5.73 Å². The molecule has 16 N–H and O–H groups in total. The predicted molar refractivity (Wildman–Crippen MR) is 520 cm³/mol.